The second kappa shape index (κ2) is 4.83. The molecule has 1 aromatic heterocycles. The van der Waals surface area contributed by atoms with E-state index in [1.54, 1.807) is 0 Å². The summed E-state index contributed by atoms with van der Waals surface area (Å²) >= 11 is 3.54. The molecule has 2 rings (SSSR count). The van der Waals surface area contributed by atoms with Gasteiger partial charge >= 0.3 is 0 Å². The normalized spacial score (nSPS) is 11.0. The number of hydrogen-bond acceptors (Lipinski definition) is 1. The molecular weight excluding hydrogens is 264 g/mol. The van der Waals surface area contributed by atoms with Crippen molar-refractivity contribution in [3.05, 3.63) is 41.1 Å². The van der Waals surface area contributed by atoms with E-state index < -0.39 is 0 Å². The van der Waals surface area contributed by atoms with E-state index in [2.05, 4.69) is 51.5 Å². The molecule has 0 aliphatic carbocycles. The average molecular weight is 279 g/mol. The molecule has 1 aromatic carbocycles. The van der Waals surface area contributed by atoms with Crippen molar-refractivity contribution in [3.8, 4) is 11.4 Å². The predicted molar refractivity (Wildman–Crippen MR) is 70.2 cm³/mol. The Kier molecular flexibility index (Phi) is 3.44. The van der Waals surface area contributed by atoms with Gasteiger partial charge in [-0.2, -0.15) is 0 Å². The molecule has 0 radical (unpaired) electrons. The van der Waals surface area contributed by atoms with Crippen LogP contribution in [0.25, 0.3) is 11.4 Å². The van der Waals surface area contributed by atoms with Crippen molar-refractivity contribution >= 4 is 15.9 Å². The van der Waals surface area contributed by atoms with E-state index in [1.807, 2.05) is 24.4 Å². The van der Waals surface area contributed by atoms with Crippen molar-refractivity contribution in [1.29, 1.82) is 0 Å². The Hall–Kier alpha value is -1.09. The van der Waals surface area contributed by atoms with Crippen molar-refractivity contribution in [3.63, 3.8) is 0 Å². The fourth-order valence-electron chi connectivity index (χ4n) is 1.71. The number of benzene rings is 1. The van der Waals surface area contributed by atoms with Gasteiger partial charge in [-0.1, -0.05) is 44.2 Å². The summed E-state index contributed by atoms with van der Waals surface area (Å²) in [6.45, 7) is 5.40. The van der Waals surface area contributed by atoms with Gasteiger partial charge < -0.3 is 4.57 Å². The molecule has 0 fully saturated rings. The van der Waals surface area contributed by atoms with Crippen molar-refractivity contribution < 1.29 is 0 Å². The van der Waals surface area contributed by atoms with Gasteiger partial charge in [0.15, 0.2) is 0 Å². The van der Waals surface area contributed by atoms with E-state index in [-0.39, 0.29) is 0 Å². The molecule has 0 saturated heterocycles. The number of hydrogen-bond donors (Lipinski definition) is 0. The SMILES string of the molecule is CC(C)Cn1c(Br)cnc1-c1ccccc1. The third kappa shape index (κ3) is 2.35. The zero-order valence-electron chi connectivity index (χ0n) is 9.52. The van der Waals surface area contributed by atoms with Gasteiger partial charge in [0, 0.05) is 12.1 Å². The van der Waals surface area contributed by atoms with Crippen molar-refractivity contribution in [2.75, 3.05) is 0 Å². The maximum Gasteiger partial charge on any atom is 0.140 e. The van der Waals surface area contributed by atoms with E-state index in [0.29, 0.717) is 5.92 Å². The maximum atomic E-state index is 4.46. The maximum absolute atomic E-state index is 4.46. The average Bonchev–Trinajstić information content (AvgIpc) is 2.61. The summed E-state index contributed by atoms with van der Waals surface area (Å²) < 4.78 is 3.25. The fourth-order valence-corrected chi connectivity index (χ4v) is 2.13. The minimum atomic E-state index is 0.605. The fraction of sp³-hybridized carbons (Fsp3) is 0.308. The Balaban J connectivity index is 2.42. The van der Waals surface area contributed by atoms with Gasteiger partial charge in [-0.3, -0.25) is 0 Å². The first-order valence-electron chi connectivity index (χ1n) is 5.45. The lowest BCUT2D eigenvalue weighted by molar-refractivity contribution is 0.521. The topological polar surface area (TPSA) is 17.8 Å². The van der Waals surface area contributed by atoms with Crippen LogP contribution in [-0.2, 0) is 6.54 Å². The van der Waals surface area contributed by atoms with Crippen LogP contribution in [-0.4, -0.2) is 9.55 Å². The van der Waals surface area contributed by atoms with Crippen molar-refractivity contribution in [2.24, 2.45) is 5.92 Å². The van der Waals surface area contributed by atoms with Crippen LogP contribution in [0.3, 0.4) is 0 Å². The highest BCUT2D eigenvalue weighted by molar-refractivity contribution is 9.10. The Labute approximate surface area is 104 Å². The molecule has 84 valence electrons. The first kappa shape index (κ1) is 11.4. The molecular formula is C13H15BrN2. The number of aromatic nitrogens is 2. The molecule has 0 unspecified atom stereocenters. The molecule has 0 amide bonds. The number of nitrogens with zero attached hydrogens (tertiary/aromatic N) is 2. The zero-order chi connectivity index (χ0) is 11.5. The standard InChI is InChI=1S/C13H15BrN2/c1-10(2)9-16-12(14)8-15-13(16)11-6-4-3-5-7-11/h3-8,10H,9H2,1-2H3. The summed E-state index contributed by atoms with van der Waals surface area (Å²) in [4.78, 5) is 4.46. The van der Waals surface area contributed by atoms with Crippen LogP contribution in [0.15, 0.2) is 41.1 Å². The molecule has 16 heavy (non-hydrogen) atoms. The summed E-state index contributed by atoms with van der Waals surface area (Å²) in [6.07, 6.45) is 1.87. The van der Waals surface area contributed by atoms with Crippen LogP contribution < -0.4 is 0 Å². The molecule has 1 heterocycles. The largest absolute Gasteiger partial charge is 0.319 e. The third-order valence-corrected chi connectivity index (χ3v) is 3.02. The minimum Gasteiger partial charge on any atom is -0.319 e. The Morgan fingerprint density at radius 2 is 1.94 bits per heavy atom. The van der Waals surface area contributed by atoms with E-state index in [9.17, 15) is 0 Å². The van der Waals surface area contributed by atoms with Crippen LogP contribution >= 0.6 is 15.9 Å². The van der Waals surface area contributed by atoms with Gasteiger partial charge in [0.05, 0.1) is 6.20 Å². The smallest absolute Gasteiger partial charge is 0.140 e. The van der Waals surface area contributed by atoms with Crippen LogP contribution in [0.2, 0.25) is 0 Å². The van der Waals surface area contributed by atoms with E-state index >= 15 is 0 Å². The Morgan fingerprint density at radius 3 is 2.56 bits per heavy atom. The van der Waals surface area contributed by atoms with Gasteiger partial charge in [-0.05, 0) is 21.8 Å². The quantitative estimate of drug-likeness (QED) is 0.831. The lowest BCUT2D eigenvalue weighted by atomic mass is 10.2. The summed E-state index contributed by atoms with van der Waals surface area (Å²) in [5, 5.41) is 0. The van der Waals surface area contributed by atoms with Gasteiger partial charge in [0.2, 0.25) is 0 Å². The lowest BCUT2D eigenvalue weighted by Crippen LogP contribution is -2.06. The first-order chi connectivity index (χ1) is 7.68. The summed E-state index contributed by atoms with van der Waals surface area (Å²) in [5.41, 5.74) is 1.16. The minimum absolute atomic E-state index is 0.605. The number of rotatable bonds is 3. The van der Waals surface area contributed by atoms with Crippen LogP contribution in [0, 0.1) is 5.92 Å². The molecule has 0 atom stereocenters. The number of halogens is 1. The second-order valence-corrected chi connectivity index (χ2v) is 5.09. The number of imidazole rings is 1. The van der Waals surface area contributed by atoms with Gasteiger partial charge in [0.25, 0.3) is 0 Å². The highest BCUT2D eigenvalue weighted by atomic mass is 79.9. The molecule has 0 bridgehead atoms. The van der Waals surface area contributed by atoms with E-state index in [4.69, 9.17) is 0 Å². The van der Waals surface area contributed by atoms with E-state index in [0.717, 1.165) is 22.5 Å². The molecule has 0 aliphatic heterocycles. The Morgan fingerprint density at radius 1 is 1.25 bits per heavy atom. The van der Waals surface area contributed by atoms with Crippen molar-refractivity contribution in [2.45, 2.75) is 20.4 Å². The van der Waals surface area contributed by atoms with Gasteiger partial charge in [-0.15, -0.1) is 0 Å². The summed E-state index contributed by atoms with van der Waals surface area (Å²) in [6, 6.07) is 10.3. The molecule has 2 aromatic rings. The van der Waals surface area contributed by atoms with E-state index in [1.165, 1.54) is 0 Å². The van der Waals surface area contributed by atoms with Crippen molar-refractivity contribution in [1.82, 2.24) is 9.55 Å². The first-order valence-corrected chi connectivity index (χ1v) is 6.24. The molecule has 0 saturated carbocycles. The second-order valence-electron chi connectivity index (χ2n) is 4.28. The Bertz CT molecular complexity index is 460. The predicted octanol–water partition coefficient (Wildman–Crippen LogP) is 3.97. The van der Waals surface area contributed by atoms with Crippen LogP contribution in [0.5, 0.6) is 0 Å². The highest BCUT2D eigenvalue weighted by Crippen LogP contribution is 2.23. The molecule has 0 spiro atoms. The monoisotopic (exact) mass is 278 g/mol. The molecule has 2 nitrogen and oxygen atoms in total. The van der Waals surface area contributed by atoms with Crippen LogP contribution in [0.4, 0.5) is 0 Å². The molecule has 3 heteroatoms. The molecule has 0 N–H and O–H groups in total. The zero-order valence-corrected chi connectivity index (χ0v) is 11.1. The van der Waals surface area contributed by atoms with Gasteiger partial charge in [0.1, 0.15) is 10.4 Å². The molecule has 0 aliphatic rings. The van der Waals surface area contributed by atoms with Crippen LogP contribution in [0.1, 0.15) is 13.8 Å². The third-order valence-electron chi connectivity index (χ3n) is 2.39. The van der Waals surface area contributed by atoms with Gasteiger partial charge in [-0.25, -0.2) is 4.98 Å². The summed E-state index contributed by atoms with van der Waals surface area (Å²) in [7, 11) is 0. The summed E-state index contributed by atoms with van der Waals surface area (Å²) in [5.74, 6) is 1.63. The lowest BCUT2D eigenvalue weighted by Gasteiger charge is -2.11. The highest BCUT2D eigenvalue weighted by Gasteiger charge is 2.10.